The van der Waals surface area contributed by atoms with Crippen molar-refractivity contribution in [2.45, 2.75) is 40.8 Å². The number of nitrogens with zero attached hydrogens (tertiary/aromatic N) is 3. The van der Waals surface area contributed by atoms with Crippen LogP contribution in [-0.4, -0.2) is 34.5 Å². The molecule has 2 heterocycles. The van der Waals surface area contributed by atoms with E-state index in [2.05, 4.69) is 5.32 Å². The minimum Gasteiger partial charge on any atom is -0.324 e. The van der Waals surface area contributed by atoms with Crippen LogP contribution in [0.1, 0.15) is 27.4 Å². The van der Waals surface area contributed by atoms with Gasteiger partial charge in [0.25, 0.3) is 5.56 Å². The number of benzene rings is 1. The number of hydrogen-bond acceptors (Lipinski definition) is 5. The number of aromatic nitrogens is 2. The zero-order valence-corrected chi connectivity index (χ0v) is 18.0. The summed E-state index contributed by atoms with van der Waals surface area (Å²) in [6.45, 7) is 8.26. The van der Waals surface area contributed by atoms with Crippen molar-refractivity contribution in [1.29, 1.82) is 0 Å². The fourth-order valence-electron chi connectivity index (χ4n) is 3.27. The first-order chi connectivity index (χ1) is 13.2. The fourth-order valence-corrected chi connectivity index (χ4v) is 4.31. The van der Waals surface area contributed by atoms with Gasteiger partial charge in [-0.15, -0.1) is 11.3 Å². The lowest BCUT2D eigenvalue weighted by Crippen LogP contribution is -2.33. The first-order valence-electron chi connectivity index (χ1n) is 9.19. The topological polar surface area (TPSA) is 67.2 Å². The number of aryl methyl sites for hydroxylation is 4. The van der Waals surface area contributed by atoms with Crippen molar-refractivity contribution in [1.82, 2.24) is 14.5 Å². The van der Waals surface area contributed by atoms with Gasteiger partial charge in [-0.2, -0.15) is 0 Å². The molecule has 148 valence electrons. The van der Waals surface area contributed by atoms with Crippen molar-refractivity contribution < 1.29 is 4.79 Å². The highest BCUT2D eigenvalue weighted by Crippen LogP contribution is 2.26. The maximum atomic E-state index is 13.2. The predicted molar refractivity (Wildman–Crippen MR) is 115 cm³/mol. The summed E-state index contributed by atoms with van der Waals surface area (Å²) in [5.74, 6) is 0.366. The van der Waals surface area contributed by atoms with Crippen LogP contribution in [0, 0.1) is 27.7 Å². The molecule has 0 spiro atoms. The number of anilines is 1. The summed E-state index contributed by atoms with van der Waals surface area (Å²) in [5.41, 5.74) is 3.57. The summed E-state index contributed by atoms with van der Waals surface area (Å²) >= 11 is 1.52. The number of rotatable bonds is 5. The molecule has 0 aliphatic rings. The molecule has 0 aliphatic carbocycles. The number of thiophene rings is 1. The van der Waals surface area contributed by atoms with Gasteiger partial charge in [-0.25, -0.2) is 4.98 Å². The van der Waals surface area contributed by atoms with E-state index in [4.69, 9.17) is 4.98 Å². The number of hydrogen-bond donors (Lipinski definition) is 1. The largest absolute Gasteiger partial charge is 0.324 e. The highest BCUT2D eigenvalue weighted by atomic mass is 32.1. The third-order valence-electron chi connectivity index (χ3n) is 4.87. The Bertz CT molecular complexity index is 1090. The summed E-state index contributed by atoms with van der Waals surface area (Å²) in [4.78, 5) is 34.5. The van der Waals surface area contributed by atoms with E-state index in [1.165, 1.54) is 15.9 Å². The second kappa shape index (κ2) is 7.85. The van der Waals surface area contributed by atoms with E-state index in [9.17, 15) is 9.59 Å². The van der Waals surface area contributed by atoms with Crippen LogP contribution in [0.2, 0.25) is 0 Å². The van der Waals surface area contributed by atoms with Crippen LogP contribution >= 0.6 is 11.3 Å². The normalized spacial score (nSPS) is 11.4. The van der Waals surface area contributed by atoms with Crippen LogP contribution < -0.4 is 10.9 Å². The van der Waals surface area contributed by atoms with Gasteiger partial charge >= 0.3 is 0 Å². The van der Waals surface area contributed by atoms with Crippen molar-refractivity contribution in [3.8, 4) is 0 Å². The predicted octanol–water partition coefficient (Wildman–Crippen LogP) is 3.39. The maximum Gasteiger partial charge on any atom is 0.263 e. The minimum atomic E-state index is -0.231. The van der Waals surface area contributed by atoms with Gasteiger partial charge in [0.05, 0.1) is 11.9 Å². The summed E-state index contributed by atoms with van der Waals surface area (Å²) in [5, 5.41) is 3.58. The summed E-state index contributed by atoms with van der Waals surface area (Å²) < 4.78 is 1.50. The molecule has 0 bridgehead atoms. The zero-order chi connectivity index (χ0) is 20.6. The van der Waals surface area contributed by atoms with Crippen LogP contribution in [0.4, 0.5) is 5.69 Å². The molecule has 0 saturated heterocycles. The molecule has 3 aromatic rings. The SMILES string of the molecule is Cc1cccc(C)c1NC(=O)Cn1c(CN(C)C)nc2sc(C)c(C)c2c1=O. The number of carbonyl (C=O) groups is 1. The number of amides is 1. The average molecular weight is 399 g/mol. The molecule has 0 radical (unpaired) electrons. The minimum absolute atomic E-state index is 0.0624. The van der Waals surface area contributed by atoms with E-state index in [0.717, 1.165) is 32.1 Å². The first-order valence-corrected chi connectivity index (χ1v) is 10.0. The Kier molecular flexibility index (Phi) is 5.67. The van der Waals surface area contributed by atoms with E-state index in [1.54, 1.807) is 0 Å². The lowest BCUT2D eigenvalue weighted by atomic mass is 10.1. The smallest absolute Gasteiger partial charge is 0.263 e. The molecule has 1 N–H and O–H groups in total. The van der Waals surface area contributed by atoms with E-state index < -0.39 is 0 Å². The van der Waals surface area contributed by atoms with Gasteiger partial charge in [-0.05, 0) is 58.5 Å². The number of para-hydroxylation sites is 1. The van der Waals surface area contributed by atoms with Crippen molar-refractivity contribution >= 4 is 33.1 Å². The molecular weight excluding hydrogens is 372 g/mol. The van der Waals surface area contributed by atoms with E-state index in [1.807, 2.05) is 64.9 Å². The highest BCUT2D eigenvalue weighted by Gasteiger charge is 2.19. The molecule has 0 aliphatic heterocycles. The number of fused-ring (bicyclic) bond motifs is 1. The molecule has 0 saturated carbocycles. The van der Waals surface area contributed by atoms with Crippen LogP contribution in [0.5, 0.6) is 0 Å². The van der Waals surface area contributed by atoms with Crippen LogP contribution in [-0.2, 0) is 17.9 Å². The Morgan fingerprint density at radius 1 is 1.18 bits per heavy atom. The Hall–Kier alpha value is -2.51. The first kappa shape index (κ1) is 20.2. The standard InChI is InChI=1S/C21H26N4O2S/c1-12-8-7-9-13(2)19(12)23-17(26)11-25-16(10-24(5)6)22-20-18(21(25)27)14(3)15(4)28-20/h7-9H,10-11H2,1-6H3,(H,23,26). The van der Waals surface area contributed by atoms with Gasteiger partial charge in [-0.3, -0.25) is 14.2 Å². The van der Waals surface area contributed by atoms with E-state index >= 15 is 0 Å². The van der Waals surface area contributed by atoms with Crippen molar-refractivity contribution in [3.05, 3.63) is 55.9 Å². The lowest BCUT2D eigenvalue weighted by molar-refractivity contribution is -0.116. The summed E-state index contributed by atoms with van der Waals surface area (Å²) in [6, 6.07) is 5.87. The fraction of sp³-hybridized carbons (Fsp3) is 0.381. The average Bonchev–Trinajstić information content (AvgIpc) is 2.88. The number of nitrogens with one attached hydrogen (secondary N) is 1. The highest BCUT2D eigenvalue weighted by molar-refractivity contribution is 7.18. The zero-order valence-electron chi connectivity index (χ0n) is 17.2. The van der Waals surface area contributed by atoms with Crippen molar-refractivity contribution in [2.75, 3.05) is 19.4 Å². The van der Waals surface area contributed by atoms with Crippen LogP contribution in [0.15, 0.2) is 23.0 Å². The van der Waals surface area contributed by atoms with Gasteiger partial charge in [0.1, 0.15) is 17.2 Å². The molecule has 7 heteroatoms. The molecule has 0 atom stereocenters. The van der Waals surface area contributed by atoms with Crippen molar-refractivity contribution in [3.63, 3.8) is 0 Å². The van der Waals surface area contributed by atoms with Gasteiger partial charge in [0, 0.05) is 10.6 Å². The molecule has 2 aromatic heterocycles. The van der Waals surface area contributed by atoms with Crippen LogP contribution in [0.25, 0.3) is 10.2 Å². The molecule has 0 unspecified atom stereocenters. The molecule has 6 nitrogen and oxygen atoms in total. The molecule has 28 heavy (non-hydrogen) atoms. The summed E-state index contributed by atoms with van der Waals surface area (Å²) in [7, 11) is 3.84. The Morgan fingerprint density at radius 3 is 2.43 bits per heavy atom. The number of carbonyl (C=O) groups excluding carboxylic acids is 1. The molecule has 1 amide bonds. The van der Waals surface area contributed by atoms with E-state index in [-0.39, 0.29) is 18.0 Å². The Morgan fingerprint density at radius 2 is 1.82 bits per heavy atom. The monoisotopic (exact) mass is 398 g/mol. The maximum absolute atomic E-state index is 13.2. The van der Waals surface area contributed by atoms with Crippen LogP contribution in [0.3, 0.4) is 0 Å². The van der Waals surface area contributed by atoms with Gasteiger partial charge in [0.15, 0.2) is 0 Å². The second-order valence-electron chi connectivity index (χ2n) is 7.44. The molecule has 3 rings (SSSR count). The molecular formula is C21H26N4O2S. The van der Waals surface area contributed by atoms with Crippen molar-refractivity contribution in [2.24, 2.45) is 0 Å². The van der Waals surface area contributed by atoms with E-state index in [0.29, 0.717) is 17.8 Å². The Balaban J connectivity index is 2.03. The second-order valence-corrected chi connectivity index (χ2v) is 8.64. The third-order valence-corrected chi connectivity index (χ3v) is 5.97. The third kappa shape index (κ3) is 3.86. The Labute approximate surface area is 168 Å². The lowest BCUT2D eigenvalue weighted by Gasteiger charge is -2.17. The van der Waals surface area contributed by atoms with Gasteiger partial charge in [-0.1, -0.05) is 18.2 Å². The summed E-state index contributed by atoms with van der Waals surface area (Å²) in [6.07, 6.45) is 0. The molecule has 0 fully saturated rings. The van der Waals surface area contributed by atoms with Gasteiger partial charge in [0.2, 0.25) is 5.91 Å². The quantitative estimate of drug-likeness (QED) is 0.715. The van der Waals surface area contributed by atoms with Gasteiger partial charge < -0.3 is 10.2 Å². The molecule has 1 aromatic carbocycles.